The van der Waals surface area contributed by atoms with Crippen LogP contribution < -0.4 is 11.1 Å². The van der Waals surface area contributed by atoms with Crippen molar-refractivity contribution in [2.24, 2.45) is 5.73 Å². The van der Waals surface area contributed by atoms with Crippen LogP contribution in [0.3, 0.4) is 0 Å². The number of amides is 3. The minimum atomic E-state index is -1.30. The number of benzene rings is 2. The van der Waals surface area contributed by atoms with Gasteiger partial charge in [-0.05, 0) is 38.1 Å². The zero-order valence-electron chi connectivity index (χ0n) is 15.0. The molecule has 2 aromatic carbocycles. The van der Waals surface area contributed by atoms with Crippen LogP contribution in [0.1, 0.15) is 22.8 Å². The zero-order valence-corrected chi connectivity index (χ0v) is 15.8. The van der Waals surface area contributed by atoms with Crippen molar-refractivity contribution in [2.75, 3.05) is 0 Å². The first-order valence-corrected chi connectivity index (χ1v) is 8.83. The van der Waals surface area contributed by atoms with E-state index in [1.807, 2.05) is 31.2 Å². The van der Waals surface area contributed by atoms with Gasteiger partial charge in [-0.25, -0.2) is 9.59 Å². The van der Waals surface area contributed by atoms with Crippen molar-refractivity contribution in [1.82, 2.24) is 5.32 Å². The Balaban J connectivity index is 2.20. The Labute approximate surface area is 164 Å². The molecule has 0 bridgehead atoms. The van der Waals surface area contributed by atoms with E-state index < -0.39 is 28.9 Å². The molecule has 28 heavy (non-hydrogen) atoms. The Bertz CT molecular complexity index is 929. The number of hydrogen-bond acceptors (Lipinski definition) is 7. The third-order valence-corrected chi connectivity index (χ3v) is 4.61. The van der Waals surface area contributed by atoms with E-state index in [9.17, 15) is 24.5 Å². The molecule has 0 saturated carbocycles. The Morgan fingerprint density at radius 2 is 1.82 bits per heavy atom. The Kier molecular flexibility index (Phi) is 6.72. The van der Waals surface area contributed by atoms with E-state index in [-0.39, 0.29) is 11.3 Å². The number of nitro groups is 1. The molecule has 0 aliphatic heterocycles. The minimum Gasteiger partial charge on any atom is -0.449 e. The molecule has 10 heteroatoms. The number of nitrogens with two attached hydrogens (primary N) is 1. The number of urea groups is 1. The molecule has 0 unspecified atom stereocenters. The standard InChI is InChI=1S/C18H17N3O6S/c1-10-3-6-13(7-4-10)28-15-8-5-12(9-14(15)21(25)26)17(23)27-11(2)16(22)20-18(19)24/h3-9,11H,1-2H3,(H3,19,20,22,24)/t11-/m1/s1. The minimum absolute atomic E-state index is 0.0984. The molecule has 0 heterocycles. The number of nitro benzene ring substituents is 1. The largest absolute Gasteiger partial charge is 0.449 e. The maximum absolute atomic E-state index is 12.2. The summed E-state index contributed by atoms with van der Waals surface area (Å²) < 4.78 is 4.92. The molecule has 2 aromatic rings. The lowest BCUT2D eigenvalue weighted by Gasteiger charge is -2.12. The summed E-state index contributed by atoms with van der Waals surface area (Å²) in [6, 6.07) is 10.3. The van der Waals surface area contributed by atoms with E-state index in [2.05, 4.69) is 0 Å². The first-order chi connectivity index (χ1) is 13.2. The number of carbonyl (C=O) groups excluding carboxylic acids is 3. The zero-order chi connectivity index (χ0) is 20.8. The molecule has 0 aliphatic carbocycles. The average molecular weight is 403 g/mol. The van der Waals surface area contributed by atoms with Crippen LogP contribution in [-0.2, 0) is 9.53 Å². The Morgan fingerprint density at radius 1 is 1.18 bits per heavy atom. The smallest absolute Gasteiger partial charge is 0.339 e. The fraction of sp³-hybridized carbons (Fsp3) is 0.167. The number of rotatable bonds is 6. The number of nitrogens with zero attached hydrogens (tertiary/aromatic N) is 1. The number of nitrogens with one attached hydrogen (secondary N) is 1. The van der Waals surface area contributed by atoms with Crippen LogP contribution in [0.15, 0.2) is 52.3 Å². The second kappa shape index (κ2) is 9.00. The van der Waals surface area contributed by atoms with Crippen molar-refractivity contribution < 1.29 is 24.0 Å². The summed E-state index contributed by atoms with van der Waals surface area (Å²) in [6.45, 7) is 3.17. The topological polar surface area (TPSA) is 142 Å². The highest BCUT2D eigenvalue weighted by Crippen LogP contribution is 2.35. The molecular formula is C18H17N3O6S. The molecule has 146 valence electrons. The van der Waals surface area contributed by atoms with Gasteiger partial charge in [0.05, 0.1) is 15.4 Å². The number of ether oxygens (including phenoxy) is 1. The molecule has 0 saturated heterocycles. The fourth-order valence-corrected chi connectivity index (χ4v) is 3.01. The van der Waals surface area contributed by atoms with Gasteiger partial charge < -0.3 is 10.5 Å². The van der Waals surface area contributed by atoms with Crippen LogP contribution in [0.4, 0.5) is 10.5 Å². The molecule has 9 nitrogen and oxygen atoms in total. The van der Waals surface area contributed by atoms with Crippen molar-refractivity contribution in [3.05, 3.63) is 63.7 Å². The van der Waals surface area contributed by atoms with Gasteiger partial charge >= 0.3 is 12.0 Å². The van der Waals surface area contributed by atoms with Crippen LogP contribution in [0.2, 0.25) is 0 Å². The van der Waals surface area contributed by atoms with Crippen molar-refractivity contribution >= 4 is 35.4 Å². The third kappa shape index (κ3) is 5.55. The lowest BCUT2D eigenvalue weighted by atomic mass is 10.2. The Hall–Kier alpha value is -3.40. The van der Waals surface area contributed by atoms with Gasteiger partial charge in [-0.1, -0.05) is 29.5 Å². The van der Waals surface area contributed by atoms with E-state index in [1.54, 1.807) is 5.32 Å². The van der Waals surface area contributed by atoms with Gasteiger partial charge in [0.2, 0.25) is 0 Å². The van der Waals surface area contributed by atoms with Gasteiger partial charge in [0, 0.05) is 11.0 Å². The number of esters is 1. The van der Waals surface area contributed by atoms with Crippen LogP contribution >= 0.6 is 11.8 Å². The second-order valence-corrected chi connectivity index (χ2v) is 6.87. The summed E-state index contributed by atoms with van der Waals surface area (Å²) in [5.41, 5.74) is 5.52. The molecule has 1 atom stereocenters. The quantitative estimate of drug-likeness (QED) is 0.429. The van der Waals surface area contributed by atoms with Gasteiger partial charge in [-0.15, -0.1) is 0 Å². The first kappa shape index (κ1) is 20.9. The molecule has 0 fully saturated rings. The summed E-state index contributed by atoms with van der Waals surface area (Å²) in [6.07, 6.45) is -1.30. The van der Waals surface area contributed by atoms with Crippen LogP contribution in [0.5, 0.6) is 0 Å². The number of hydrogen-bond donors (Lipinski definition) is 2. The van der Waals surface area contributed by atoms with E-state index in [0.717, 1.165) is 16.5 Å². The normalized spacial score (nSPS) is 11.4. The number of aryl methyl sites for hydroxylation is 1. The van der Waals surface area contributed by atoms with Gasteiger partial charge in [0.15, 0.2) is 6.10 Å². The summed E-state index contributed by atoms with van der Waals surface area (Å²) >= 11 is 1.19. The summed E-state index contributed by atoms with van der Waals surface area (Å²) in [5.74, 6) is -1.84. The Morgan fingerprint density at radius 3 is 2.39 bits per heavy atom. The SMILES string of the molecule is Cc1ccc(Sc2ccc(C(=O)O[C@H](C)C(=O)NC(N)=O)cc2[N+](=O)[O-])cc1. The highest BCUT2D eigenvalue weighted by molar-refractivity contribution is 7.99. The van der Waals surface area contributed by atoms with Crippen LogP contribution in [0.25, 0.3) is 0 Å². The first-order valence-electron chi connectivity index (χ1n) is 8.01. The molecule has 2 rings (SSSR count). The molecule has 0 aromatic heterocycles. The van der Waals surface area contributed by atoms with Crippen molar-refractivity contribution in [1.29, 1.82) is 0 Å². The lowest BCUT2D eigenvalue weighted by Crippen LogP contribution is -2.42. The maximum atomic E-state index is 12.2. The monoisotopic (exact) mass is 403 g/mol. The highest BCUT2D eigenvalue weighted by Gasteiger charge is 2.23. The van der Waals surface area contributed by atoms with Gasteiger partial charge in [-0.2, -0.15) is 0 Å². The summed E-state index contributed by atoms with van der Waals surface area (Å²) in [5, 5.41) is 13.2. The third-order valence-electron chi connectivity index (χ3n) is 3.54. The molecule has 3 amide bonds. The number of primary amides is 1. The van der Waals surface area contributed by atoms with E-state index in [1.165, 1.54) is 30.8 Å². The van der Waals surface area contributed by atoms with E-state index in [4.69, 9.17) is 10.5 Å². The summed E-state index contributed by atoms with van der Waals surface area (Å²) in [4.78, 5) is 46.4. The molecule has 3 N–H and O–H groups in total. The number of carbonyl (C=O) groups is 3. The highest BCUT2D eigenvalue weighted by atomic mass is 32.2. The van der Waals surface area contributed by atoms with Crippen molar-refractivity contribution in [3.8, 4) is 0 Å². The predicted molar refractivity (Wildman–Crippen MR) is 101 cm³/mol. The van der Waals surface area contributed by atoms with Gasteiger partial charge in [-0.3, -0.25) is 20.2 Å². The van der Waals surface area contributed by atoms with Gasteiger partial charge in [0.1, 0.15) is 0 Å². The summed E-state index contributed by atoms with van der Waals surface area (Å²) in [7, 11) is 0. The van der Waals surface area contributed by atoms with Crippen LogP contribution in [0, 0.1) is 17.0 Å². The lowest BCUT2D eigenvalue weighted by molar-refractivity contribution is -0.387. The molecule has 0 aliphatic rings. The average Bonchev–Trinajstić information content (AvgIpc) is 2.63. The predicted octanol–water partition coefficient (Wildman–Crippen LogP) is 2.79. The van der Waals surface area contributed by atoms with E-state index >= 15 is 0 Å². The van der Waals surface area contributed by atoms with Crippen molar-refractivity contribution in [2.45, 2.75) is 29.7 Å². The van der Waals surface area contributed by atoms with Gasteiger partial charge in [0.25, 0.3) is 11.6 Å². The number of imide groups is 1. The fourth-order valence-electron chi connectivity index (χ4n) is 2.11. The maximum Gasteiger partial charge on any atom is 0.339 e. The molecule has 0 radical (unpaired) electrons. The van der Waals surface area contributed by atoms with Crippen molar-refractivity contribution in [3.63, 3.8) is 0 Å². The molecule has 0 spiro atoms. The van der Waals surface area contributed by atoms with E-state index in [0.29, 0.717) is 4.90 Å². The second-order valence-electron chi connectivity index (χ2n) is 5.76. The molecular weight excluding hydrogens is 386 g/mol. The van der Waals surface area contributed by atoms with Crippen LogP contribution in [-0.4, -0.2) is 28.9 Å².